The Balaban J connectivity index is 2.79. The molecule has 0 saturated heterocycles. The molecule has 0 aliphatic rings. The van der Waals surface area contributed by atoms with Crippen LogP contribution in [0.25, 0.3) is 0 Å². The fourth-order valence-electron chi connectivity index (χ4n) is 1.21. The average molecular weight is 219 g/mol. The topological polar surface area (TPSA) is 66.2 Å². The number of methoxy groups -OCH3 is 1. The zero-order chi connectivity index (χ0) is 12.0. The third-order valence-corrected chi connectivity index (χ3v) is 2.13. The third-order valence-electron chi connectivity index (χ3n) is 2.13. The zero-order valence-corrected chi connectivity index (χ0v) is 9.30. The Bertz CT molecular complexity index is 395. The molecule has 0 aliphatic carbocycles. The van der Waals surface area contributed by atoms with E-state index >= 15 is 0 Å². The van der Waals surface area contributed by atoms with Gasteiger partial charge < -0.3 is 9.64 Å². The number of hydrogen-bond acceptors (Lipinski definition) is 5. The van der Waals surface area contributed by atoms with E-state index in [0.29, 0.717) is 17.9 Å². The number of hydrogen-bond donors (Lipinski definition) is 0. The normalized spacial score (nSPS) is 9.31. The van der Waals surface area contributed by atoms with Crippen molar-refractivity contribution in [2.45, 2.75) is 6.92 Å². The number of ether oxygens (including phenoxy) is 1. The second-order valence-corrected chi connectivity index (χ2v) is 3.11. The molecule has 0 N–H and O–H groups in total. The highest BCUT2D eigenvalue weighted by atomic mass is 16.5. The van der Waals surface area contributed by atoms with Crippen molar-refractivity contribution in [2.24, 2.45) is 0 Å². The molecule has 1 aromatic heterocycles. The molecule has 0 atom stereocenters. The summed E-state index contributed by atoms with van der Waals surface area (Å²) in [5, 5.41) is 8.63. The number of likely N-dealkylation sites (N-methyl/N-ethyl adjacent to an activating group) is 1. The van der Waals surface area contributed by atoms with Gasteiger partial charge in [-0.2, -0.15) is 5.26 Å². The summed E-state index contributed by atoms with van der Waals surface area (Å²) in [4.78, 5) is 17.0. The van der Waals surface area contributed by atoms with E-state index in [-0.39, 0.29) is 12.5 Å². The smallest absolute Gasteiger partial charge is 0.325 e. The molecule has 1 rings (SSSR count). The van der Waals surface area contributed by atoms with Gasteiger partial charge in [0.2, 0.25) is 0 Å². The molecule has 0 radical (unpaired) electrons. The van der Waals surface area contributed by atoms with Crippen molar-refractivity contribution < 1.29 is 9.53 Å². The lowest BCUT2D eigenvalue weighted by Crippen LogP contribution is -2.30. The molecule has 5 heteroatoms. The maximum atomic E-state index is 11.1. The summed E-state index contributed by atoms with van der Waals surface area (Å²) in [6.07, 6.45) is 1.48. The number of esters is 1. The quantitative estimate of drug-likeness (QED) is 0.705. The van der Waals surface area contributed by atoms with Crippen LogP contribution in [0.3, 0.4) is 0 Å². The number of carbonyl (C=O) groups is 1. The Hall–Kier alpha value is -2.09. The Morgan fingerprint density at radius 1 is 1.62 bits per heavy atom. The maximum Gasteiger partial charge on any atom is 0.325 e. The molecule has 0 saturated carbocycles. The number of rotatable bonds is 4. The van der Waals surface area contributed by atoms with E-state index in [9.17, 15) is 4.79 Å². The minimum Gasteiger partial charge on any atom is -0.468 e. The molecule has 0 bridgehead atoms. The second-order valence-electron chi connectivity index (χ2n) is 3.11. The SMILES string of the molecule is CCN(CC(=O)OC)c1ccc(C#N)cn1. The fraction of sp³-hybridized carbons (Fsp3) is 0.364. The van der Waals surface area contributed by atoms with E-state index in [2.05, 4.69) is 9.72 Å². The summed E-state index contributed by atoms with van der Waals surface area (Å²) in [7, 11) is 1.35. The molecular formula is C11H13N3O2. The fourth-order valence-corrected chi connectivity index (χ4v) is 1.21. The lowest BCUT2D eigenvalue weighted by Gasteiger charge is -2.20. The lowest BCUT2D eigenvalue weighted by molar-refractivity contribution is -0.138. The Kier molecular flexibility index (Phi) is 4.28. The van der Waals surface area contributed by atoms with Crippen molar-refractivity contribution in [1.82, 2.24) is 4.98 Å². The van der Waals surface area contributed by atoms with Gasteiger partial charge in [0.25, 0.3) is 0 Å². The van der Waals surface area contributed by atoms with E-state index in [0.717, 1.165) is 0 Å². The molecule has 1 heterocycles. The van der Waals surface area contributed by atoms with Gasteiger partial charge in [-0.1, -0.05) is 0 Å². The number of aromatic nitrogens is 1. The van der Waals surface area contributed by atoms with E-state index in [1.807, 2.05) is 13.0 Å². The summed E-state index contributed by atoms with van der Waals surface area (Å²) in [6.45, 7) is 2.72. The first-order chi connectivity index (χ1) is 7.71. The van der Waals surface area contributed by atoms with Crippen molar-refractivity contribution in [2.75, 3.05) is 25.1 Å². The van der Waals surface area contributed by atoms with Crippen LogP contribution in [-0.2, 0) is 9.53 Å². The number of nitriles is 1. The van der Waals surface area contributed by atoms with Gasteiger partial charge in [0.15, 0.2) is 0 Å². The van der Waals surface area contributed by atoms with Crippen LogP contribution >= 0.6 is 0 Å². The molecule has 84 valence electrons. The van der Waals surface area contributed by atoms with E-state index in [1.54, 1.807) is 17.0 Å². The van der Waals surface area contributed by atoms with Gasteiger partial charge in [0, 0.05) is 12.7 Å². The zero-order valence-electron chi connectivity index (χ0n) is 9.30. The van der Waals surface area contributed by atoms with Crippen molar-refractivity contribution >= 4 is 11.8 Å². The van der Waals surface area contributed by atoms with Crippen LogP contribution in [0.15, 0.2) is 18.3 Å². The first kappa shape index (κ1) is 12.0. The first-order valence-corrected chi connectivity index (χ1v) is 4.89. The molecule has 0 unspecified atom stereocenters. The standard InChI is InChI=1S/C11H13N3O2/c1-3-14(8-11(15)16-2)10-5-4-9(6-12)7-13-10/h4-5,7H,3,8H2,1-2H3. The van der Waals surface area contributed by atoms with Gasteiger partial charge >= 0.3 is 5.97 Å². The molecule has 0 spiro atoms. The van der Waals surface area contributed by atoms with E-state index in [4.69, 9.17) is 5.26 Å². The maximum absolute atomic E-state index is 11.1. The summed E-state index contributed by atoms with van der Waals surface area (Å²) in [6, 6.07) is 5.37. The summed E-state index contributed by atoms with van der Waals surface area (Å²) < 4.78 is 4.59. The highest BCUT2D eigenvalue weighted by Gasteiger charge is 2.10. The predicted molar refractivity (Wildman–Crippen MR) is 58.9 cm³/mol. The van der Waals surface area contributed by atoms with Gasteiger partial charge in [0.05, 0.1) is 12.7 Å². The first-order valence-electron chi connectivity index (χ1n) is 4.89. The summed E-state index contributed by atoms with van der Waals surface area (Å²) in [5.74, 6) is 0.347. The molecule has 0 fully saturated rings. The molecule has 1 aromatic rings. The van der Waals surface area contributed by atoms with Crippen LogP contribution in [0.5, 0.6) is 0 Å². The van der Waals surface area contributed by atoms with Crippen LogP contribution in [0.4, 0.5) is 5.82 Å². The van der Waals surface area contributed by atoms with Crippen LogP contribution in [0, 0.1) is 11.3 Å². The van der Waals surface area contributed by atoms with Crippen LogP contribution < -0.4 is 4.90 Å². The van der Waals surface area contributed by atoms with E-state index in [1.165, 1.54) is 13.3 Å². The van der Waals surface area contributed by atoms with Crippen molar-refractivity contribution in [3.05, 3.63) is 23.9 Å². The molecular weight excluding hydrogens is 206 g/mol. The summed E-state index contributed by atoms with van der Waals surface area (Å²) >= 11 is 0. The minimum absolute atomic E-state index is 0.159. The van der Waals surface area contributed by atoms with E-state index < -0.39 is 0 Å². The Morgan fingerprint density at radius 3 is 2.81 bits per heavy atom. The molecule has 0 aromatic carbocycles. The number of pyridine rings is 1. The van der Waals surface area contributed by atoms with Crippen LogP contribution in [0.2, 0.25) is 0 Å². The average Bonchev–Trinajstić information content (AvgIpc) is 2.35. The van der Waals surface area contributed by atoms with Gasteiger partial charge in [-0.05, 0) is 19.1 Å². The van der Waals surface area contributed by atoms with Crippen LogP contribution in [0.1, 0.15) is 12.5 Å². The van der Waals surface area contributed by atoms with Crippen molar-refractivity contribution in [1.29, 1.82) is 5.26 Å². The van der Waals surface area contributed by atoms with Gasteiger partial charge in [-0.25, -0.2) is 4.98 Å². The Morgan fingerprint density at radius 2 is 2.38 bits per heavy atom. The number of carbonyl (C=O) groups excluding carboxylic acids is 1. The van der Waals surface area contributed by atoms with Gasteiger partial charge in [-0.3, -0.25) is 4.79 Å². The number of nitrogens with zero attached hydrogens (tertiary/aromatic N) is 3. The predicted octanol–water partition coefficient (Wildman–Crippen LogP) is 0.953. The van der Waals surface area contributed by atoms with Gasteiger partial charge in [0.1, 0.15) is 18.4 Å². The van der Waals surface area contributed by atoms with Crippen LogP contribution in [-0.4, -0.2) is 31.2 Å². The highest BCUT2D eigenvalue weighted by molar-refractivity contribution is 5.75. The summed E-state index contributed by atoms with van der Waals surface area (Å²) in [5.41, 5.74) is 0.498. The lowest BCUT2D eigenvalue weighted by atomic mass is 10.3. The molecule has 16 heavy (non-hydrogen) atoms. The minimum atomic E-state index is -0.312. The second kappa shape index (κ2) is 5.71. The Labute approximate surface area is 94.3 Å². The molecule has 0 aliphatic heterocycles. The van der Waals surface area contributed by atoms with Gasteiger partial charge in [-0.15, -0.1) is 0 Å². The highest BCUT2D eigenvalue weighted by Crippen LogP contribution is 2.10. The van der Waals surface area contributed by atoms with Crippen molar-refractivity contribution in [3.8, 4) is 6.07 Å². The monoisotopic (exact) mass is 219 g/mol. The third kappa shape index (κ3) is 2.95. The number of anilines is 1. The molecule has 5 nitrogen and oxygen atoms in total. The molecule has 0 amide bonds. The van der Waals surface area contributed by atoms with Crippen molar-refractivity contribution in [3.63, 3.8) is 0 Å². The largest absolute Gasteiger partial charge is 0.468 e.